The van der Waals surface area contributed by atoms with Crippen LogP contribution in [-0.2, 0) is 4.79 Å². The Morgan fingerprint density at radius 1 is 1.31 bits per heavy atom. The van der Waals surface area contributed by atoms with E-state index < -0.39 is 5.41 Å². The minimum absolute atomic E-state index is 0.0489. The summed E-state index contributed by atoms with van der Waals surface area (Å²) in [7, 11) is 4.91. The Bertz CT molecular complexity index is 1050. The fourth-order valence-electron chi connectivity index (χ4n) is 4.04. The molecule has 32 heavy (non-hydrogen) atoms. The van der Waals surface area contributed by atoms with Crippen molar-refractivity contribution in [2.75, 3.05) is 49.4 Å². The van der Waals surface area contributed by atoms with E-state index in [1.54, 1.807) is 50.5 Å². The van der Waals surface area contributed by atoms with Crippen LogP contribution in [0.4, 0.5) is 23.1 Å². The summed E-state index contributed by atoms with van der Waals surface area (Å²) in [4.78, 5) is 38.1. The van der Waals surface area contributed by atoms with E-state index in [2.05, 4.69) is 20.5 Å². The highest BCUT2D eigenvalue weighted by Crippen LogP contribution is 2.40. The maximum atomic E-state index is 13.0. The van der Waals surface area contributed by atoms with Crippen molar-refractivity contribution in [3.8, 4) is 5.75 Å². The van der Waals surface area contributed by atoms with Gasteiger partial charge in [0.1, 0.15) is 11.4 Å². The number of anilines is 4. The van der Waals surface area contributed by atoms with Crippen LogP contribution < -0.4 is 25.2 Å². The summed E-state index contributed by atoms with van der Waals surface area (Å²) in [5.41, 5.74) is 1.31. The first-order valence-electron chi connectivity index (χ1n) is 10.8. The molecule has 1 aliphatic carbocycles. The molecule has 1 saturated carbocycles. The van der Waals surface area contributed by atoms with E-state index in [1.807, 2.05) is 13.8 Å². The standard InChI is InChI=1S/C23H30N6O3/c1-23(2)13-29(12-14-6-7-14)19-17(28(4)21(23)31)11-25-22(27-19)26-16-9-8-15(20(30)24-3)10-18(16)32-5/h8-11,14H,6-7,12-13H2,1-5H3,(H,24,30)(H,25,26,27). The number of benzene rings is 1. The smallest absolute Gasteiger partial charge is 0.251 e. The lowest BCUT2D eigenvalue weighted by Crippen LogP contribution is -2.43. The number of nitrogens with zero attached hydrogens (tertiary/aromatic N) is 4. The predicted molar refractivity (Wildman–Crippen MR) is 124 cm³/mol. The summed E-state index contributed by atoms with van der Waals surface area (Å²) in [6.45, 7) is 5.42. The highest BCUT2D eigenvalue weighted by atomic mass is 16.5. The summed E-state index contributed by atoms with van der Waals surface area (Å²) in [6, 6.07) is 5.14. The van der Waals surface area contributed by atoms with Gasteiger partial charge < -0.3 is 25.2 Å². The third-order valence-electron chi connectivity index (χ3n) is 5.99. The van der Waals surface area contributed by atoms with Gasteiger partial charge in [-0.05, 0) is 50.8 Å². The first-order chi connectivity index (χ1) is 15.2. The van der Waals surface area contributed by atoms with E-state index in [1.165, 1.54) is 12.8 Å². The molecule has 170 valence electrons. The zero-order valence-electron chi connectivity index (χ0n) is 19.2. The van der Waals surface area contributed by atoms with Crippen molar-refractivity contribution in [1.29, 1.82) is 0 Å². The minimum atomic E-state index is -0.531. The molecule has 4 rings (SSSR count). The van der Waals surface area contributed by atoms with E-state index >= 15 is 0 Å². The average molecular weight is 439 g/mol. The summed E-state index contributed by atoms with van der Waals surface area (Å²) in [6.07, 6.45) is 4.11. The fraction of sp³-hybridized carbons (Fsp3) is 0.478. The number of ether oxygens (including phenoxy) is 1. The Hall–Kier alpha value is -3.36. The molecule has 0 atom stereocenters. The van der Waals surface area contributed by atoms with Crippen LogP contribution in [0.2, 0.25) is 0 Å². The molecule has 0 saturated heterocycles. The van der Waals surface area contributed by atoms with Gasteiger partial charge in [0.25, 0.3) is 5.91 Å². The lowest BCUT2D eigenvalue weighted by molar-refractivity contribution is -0.125. The fourth-order valence-corrected chi connectivity index (χ4v) is 4.04. The van der Waals surface area contributed by atoms with Gasteiger partial charge in [-0.2, -0.15) is 4.98 Å². The maximum absolute atomic E-state index is 13.0. The van der Waals surface area contributed by atoms with Gasteiger partial charge in [-0.3, -0.25) is 9.59 Å². The molecule has 0 spiro atoms. The van der Waals surface area contributed by atoms with Gasteiger partial charge in [-0.1, -0.05) is 0 Å². The van der Waals surface area contributed by atoms with Crippen LogP contribution in [0.5, 0.6) is 5.75 Å². The van der Waals surface area contributed by atoms with Crippen LogP contribution in [0.25, 0.3) is 0 Å². The topological polar surface area (TPSA) is 99.7 Å². The number of rotatable bonds is 6. The number of amides is 2. The molecule has 1 aromatic carbocycles. The van der Waals surface area contributed by atoms with Crippen molar-refractivity contribution in [3.63, 3.8) is 0 Å². The Morgan fingerprint density at radius 3 is 2.72 bits per heavy atom. The third kappa shape index (κ3) is 4.19. The summed E-state index contributed by atoms with van der Waals surface area (Å²) in [5.74, 6) is 2.15. The average Bonchev–Trinajstić information content (AvgIpc) is 3.61. The van der Waals surface area contributed by atoms with Crippen molar-refractivity contribution in [1.82, 2.24) is 15.3 Å². The SMILES string of the molecule is CNC(=O)c1ccc(Nc2ncc3c(n2)N(CC2CC2)CC(C)(C)C(=O)N3C)c(OC)c1. The Kier molecular flexibility index (Phi) is 5.66. The first kappa shape index (κ1) is 21.9. The van der Waals surface area contributed by atoms with E-state index in [9.17, 15) is 9.59 Å². The molecular weight excluding hydrogens is 408 g/mol. The molecule has 2 amide bonds. The normalized spacial score (nSPS) is 17.5. The second kappa shape index (κ2) is 8.29. The largest absolute Gasteiger partial charge is 0.495 e. The highest BCUT2D eigenvalue weighted by Gasteiger charge is 2.40. The first-order valence-corrected chi connectivity index (χ1v) is 10.8. The van der Waals surface area contributed by atoms with Gasteiger partial charge in [0.15, 0.2) is 5.82 Å². The molecule has 1 aromatic heterocycles. The Morgan fingerprint density at radius 2 is 2.06 bits per heavy atom. The molecule has 9 nitrogen and oxygen atoms in total. The van der Waals surface area contributed by atoms with Crippen LogP contribution in [0.15, 0.2) is 24.4 Å². The van der Waals surface area contributed by atoms with Crippen molar-refractivity contribution >= 4 is 35.0 Å². The van der Waals surface area contributed by atoms with Crippen LogP contribution in [0.1, 0.15) is 37.0 Å². The highest BCUT2D eigenvalue weighted by molar-refractivity contribution is 6.00. The minimum Gasteiger partial charge on any atom is -0.495 e. The van der Waals surface area contributed by atoms with Crippen LogP contribution in [0.3, 0.4) is 0 Å². The molecule has 0 unspecified atom stereocenters. The Balaban J connectivity index is 1.69. The second-order valence-electron chi connectivity index (χ2n) is 9.09. The summed E-state index contributed by atoms with van der Waals surface area (Å²) >= 11 is 0. The number of carbonyl (C=O) groups is 2. The van der Waals surface area contributed by atoms with Crippen molar-refractivity contribution in [2.24, 2.45) is 11.3 Å². The number of fused-ring (bicyclic) bond motifs is 1. The second-order valence-corrected chi connectivity index (χ2v) is 9.09. The zero-order valence-corrected chi connectivity index (χ0v) is 19.2. The molecule has 0 bridgehead atoms. The molecule has 9 heteroatoms. The van der Waals surface area contributed by atoms with Crippen LogP contribution in [-0.4, -0.2) is 56.1 Å². The molecule has 2 N–H and O–H groups in total. The zero-order chi connectivity index (χ0) is 23.0. The van der Waals surface area contributed by atoms with E-state index in [-0.39, 0.29) is 11.8 Å². The molecule has 2 aromatic rings. The molecule has 2 aliphatic rings. The summed E-state index contributed by atoms with van der Waals surface area (Å²) < 4.78 is 5.46. The number of hydrogen-bond donors (Lipinski definition) is 2. The number of carbonyl (C=O) groups excluding carboxylic acids is 2. The predicted octanol–water partition coefficient (Wildman–Crippen LogP) is 2.81. The lowest BCUT2D eigenvalue weighted by Gasteiger charge is -2.29. The molecule has 1 fully saturated rings. The molecular formula is C23H30N6O3. The van der Waals surface area contributed by atoms with Crippen LogP contribution >= 0.6 is 0 Å². The van der Waals surface area contributed by atoms with Crippen molar-refractivity contribution in [2.45, 2.75) is 26.7 Å². The van der Waals surface area contributed by atoms with Gasteiger partial charge in [-0.15, -0.1) is 0 Å². The quantitative estimate of drug-likeness (QED) is 0.715. The maximum Gasteiger partial charge on any atom is 0.251 e. The van der Waals surface area contributed by atoms with E-state index in [4.69, 9.17) is 9.72 Å². The van der Waals surface area contributed by atoms with E-state index in [0.29, 0.717) is 41.1 Å². The third-order valence-corrected chi connectivity index (χ3v) is 5.99. The summed E-state index contributed by atoms with van der Waals surface area (Å²) in [5, 5.41) is 5.81. The molecule has 2 heterocycles. The van der Waals surface area contributed by atoms with Gasteiger partial charge >= 0.3 is 0 Å². The van der Waals surface area contributed by atoms with Gasteiger partial charge in [0, 0.05) is 32.7 Å². The number of methoxy groups -OCH3 is 1. The van der Waals surface area contributed by atoms with E-state index in [0.717, 1.165) is 12.4 Å². The lowest BCUT2D eigenvalue weighted by atomic mass is 9.91. The van der Waals surface area contributed by atoms with Crippen LogP contribution in [0, 0.1) is 11.3 Å². The molecule has 0 radical (unpaired) electrons. The van der Waals surface area contributed by atoms with Gasteiger partial charge in [0.05, 0.1) is 24.4 Å². The van der Waals surface area contributed by atoms with Crippen molar-refractivity contribution in [3.05, 3.63) is 30.0 Å². The van der Waals surface area contributed by atoms with Gasteiger partial charge in [-0.25, -0.2) is 4.98 Å². The molecule has 1 aliphatic heterocycles. The number of hydrogen-bond acceptors (Lipinski definition) is 7. The van der Waals surface area contributed by atoms with Gasteiger partial charge in [0.2, 0.25) is 11.9 Å². The van der Waals surface area contributed by atoms with Crippen molar-refractivity contribution < 1.29 is 14.3 Å². The monoisotopic (exact) mass is 438 g/mol. The number of nitrogens with one attached hydrogen (secondary N) is 2. The Labute approximate surface area is 188 Å². The number of aromatic nitrogens is 2.